The Balaban J connectivity index is 1.76. The van der Waals surface area contributed by atoms with Crippen LogP contribution < -0.4 is 10.1 Å². The molecule has 0 bridgehead atoms. The minimum Gasteiger partial charge on any atom is -0.497 e. The van der Waals surface area contributed by atoms with Crippen molar-refractivity contribution in [1.82, 2.24) is 10.2 Å². The molecule has 1 aromatic rings. The van der Waals surface area contributed by atoms with Gasteiger partial charge in [0.15, 0.2) is 0 Å². The van der Waals surface area contributed by atoms with Crippen molar-refractivity contribution in [2.45, 2.75) is 6.42 Å². The third-order valence-corrected chi connectivity index (χ3v) is 3.09. The van der Waals surface area contributed by atoms with E-state index in [1.165, 1.54) is 5.56 Å². The maximum Gasteiger partial charge on any atom is 0.118 e. The number of rotatable bonds is 3. The van der Waals surface area contributed by atoms with Gasteiger partial charge in [-0.3, -0.25) is 4.90 Å². The number of methoxy groups -OCH3 is 1. The number of benzene rings is 1. The van der Waals surface area contributed by atoms with Crippen molar-refractivity contribution in [3.63, 3.8) is 0 Å². The van der Waals surface area contributed by atoms with Gasteiger partial charge in [-0.05, 0) is 17.7 Å². The van der Waals surface area contributed by atoms with E-state index < -0.39 is 0 Å². The first kappa shape index (κ1) is 12.9. The van der Waals surface area contributed by atoms with Gasteiger partial charge in [0.2, 0.25) is 0 Å². The van der Waals surface area contributed by atoms with Gasteiger partial charge in [0.25, 0.3) is 0 Å². The van der Waals surface area contributed by atoms with Gasteiger partial charge in [0.1, 0.15) is 5.75 Å². The molecule has 1 aliphatic rings. The monoisotopic (exact) mass is 244 g/mol. The number of ether oxygens (including phenoxy) is 1. The predicted molar refractivity (Wildman–Crippen MR) is 73.8 cm³/mol. The van der Waals surface area contributed by atoms with Gasteiger partial charge in [-0.15, -0.1) is 0 Å². The summed E-state index contributed by atoms with van der Waals surface area (Å²) in [6.07, 6.45) is 0.816. The van der Waals surface area contributed by atoms with E-state index in [2.05, 4.69) is 34.2 Å². The summed E-state index contributed by atoms with van der Waals surface area (Å²) in [5.74, 6) is 7.38. The quantitative estimate of drug-likeness (QED) is 0.807. The van der Waals surface area contributed by atoms with Crippen LogP contribution in [0.5, 0.6) is 5.75 Å². The topological polar surface area (TPSA) is 24.5 Å². The van der Waals surface area contributed by atoms with Crippen LogP contribution in [0.25, 0.3) is 0 Å². The fraction of sp³-hybridized carbons (Fsp3) is 0.467. The summed E-state index contributed by atoms with van der Waals surface area (Å²) in [5.41, 5.74) is 1.24. The highest BCUT2D eigenvalue weighted by molar-refractivity contribution is 5.29. The lowest BCUT2D eigenvalue weighted by molar-refractivity contribution is 0.268. The molecule has 1 N–H and O–H groups in total. The second-order valence-electron chi connectivity index (χ2n) is 4.40. The summed E-state index contributed by atoms with van der Waals surface area (Å²) < 4.78 is 5.13. The molecule has 1 saturated heterocycles. The van der Waals surface area contributed by atoms with Crippen LogP contribution in [0.15, 0.2) is 24.3 Å². The Kier molecular flexibility index (Phi) is 5.07. The Morgan fingerprint density at radius 1 is 1.17 bits per heavy atom. The molecule has 3 nitrogen and oxygen atoms in total. The van der Waals surface area contributed by atoms with Crippen molar-refractivity contribution in [2.75, 3.05) is 39.8 Å². The molecular formula is C15H20N2O. The van der Waals surface area contributed by atoms with Crippen LogP contribution in [0, 0.1) is 11.8 Å². The first-order valence-corrected chi connectivity index (χ1v) is 6.40. The number of piperazine rings is 1. The van der Waals surface area contributed by atoms with E-state index in [0.29, 0.717) is 0 Å². The second-order valence-corrected chi connectivity index (χ2v) is 4.40. The predicted octanol–water partition coefficient (Wildman–Crippen LogP) is 1.15. The van der Waals surface area contributed by atoms with E-state index in [-0.39, 0.29) is 0 Å². The van der Waals surface area contributed by atoms with E-state index in [4.69, 9.17) is 4.74 Å². The molecule has 0 radical (unpaired) electrons. The van der Waals surface area contributed by atoms with Gasteiger partial charge in [-0.1, -0.05) is 24.0 Å². The highest BCUT2D eigenvalue weighted by Gasteiger charge is 2.06. The van der Waals surface area contributed by atoms with Crippen molar-refractivity contribution in [1.29, 1.82) is 0 Å². The standard InChI is InChI=1S/C15H20N2O/c1-18-15-7-5-14(6-8-15)4-2-3-11-17-12-9-16-10-13-17/h5-8,16H,4,9-13H2,1H3. The summed E-state index contributed by atoms with van der Waals surface area (Å²) in [5, 5.41) is 3.34. The fourth-order valence-corrected chi connectivity index (χ4v) is 1.94. The van der Waals surface area contributed by atoms with E-state index in [9.17, 15) is 0 Å². The normalized spacial score (nSPS) is 15.8. The van der Waals surface area contributed by atoms with Crippen LogP contribution in [-0.4, -0.2) is 44.7 Å². The number of hydrogen-bond donors (Lipinski definition) is 1. The largest absolute Gasteiger partial charge is 0.497 e. The molecule has 0 amide bonds. The summed E-state index contributed by atoms with van der Waals surface area (Å²) in [4.78, 5) is 2.39. The average Bonchev–Trinajstić information content (AvgIpc) is 2.45. The lowest BCUT2D eigenvalue weighted by Crippen LogP contribution is -2.43. The minimum atomic E-state index is 0.816. The molecule has 0 atom stereocenters. The average molecular weight is 244 g/mol. The Morgan fingerprint density at radius 2 is 1.89 bits per heavy atom. The maximum atomic E-state index is 5.13. The van der Waals surface area contributed by atoms with Gasteiger partial charge in [-0.25, -0.2) is 0 Å². The molecule has 0 aromatic heterocycles. The summed E-state index contributed by atoms with van der Waals surface area (Å²) in [7, 11) is 1.68. The Morgan fingerprint density at radius 3 is 2.56 bits per heavy atom. The molecule has 0 saturated carbocycles. The van der Waals surface area contributed by atoms with Crippen LogP contribution in [0.4, 0.5) is 0 Å². The van der Waals surface area contributed by atoms with Crippen molar-refractivity contribution in [3.8, 4) is 17.6 Å². The second kappa shape index (κ2) is 7.05. The van der Waals surface area contributed by atoms with Gasteiger partial charge < -0.3 is 10.1 Å². The van der Waals surface area contributed by atoms with E-state index in [1.54, 1.807) is 7.11 Å². The zero-order chi connectivity index (χ0) is 12.6. The Bertz CT molecular complexity index is 410. The molecule has 0 spiro atoms. The summed E-state index contributed by atoms with van der Waals surface area (Å²) in [6.45, 7) is 5.27. The first-order valence-electron chi connectivity index (χ1n) is 6.40. The molecule has 2 rings (SSSR count). The van der Waals surface area contributed by atoms with E-state index in [0.717, 1.165) is 44.9 Å². The van der Waals surface area contributed by atoms with Crippen molar-refractivity contribution < 1.29 is 4.74 Å². The number of hydrogen-bond acceptors (Lipinski definition) is 3. The van der Waals surface area contributed by atoms with Crippen LogP contribution >= 0.6 is 0 Å². The molecule has 96 valence electrons. The SMILES string of the molecule is COc1ccc(CC#CCN2CCNCC2)cc1. The van der Waals surface area contributed by atoms with Crippen LogP contribution in [-0.2, 0) is 6.42 Å². The van der Waals surface area contributed by atoms with Crippen LogP contribution in [0.1, 0.15) is 5.56 Å². The molecule has 18 heavy (non-hydrogen) atoms. The molecular weight excluding hydrogens is 224 g/mol. The highest BCUT2D eigenvalue weighted by atomic mass is 16.5. The molecule has 0 aliphatic carbocycles. The fourth-order valence-electron chi connectivity index (χ4n) is 1.94. The summed E-state index contributed by atoms with van der Waals surface area (Å²) >= 11 is 0. The molecule has 1 fully saturated rings. The Hall–Kier alpha value is -1.50. The Labute approximate surface area is 109 Å². The van der Waals surface area contributed by atoms with E-state index in [1.807, 2.05) is 12.1 Å². The zero-order valence-electron chi connectivity index (χ0n) is 10.9. The third-order valence-electron chi connectivity index (χ3n) is 3.09. The van der Waals surface area contributed by atoms with Gasteiger partial charge in [0, 0.05) is 32.6 Å². The maximum absolute atomic E-state index is 5.13. The van der Waals surface area contributed by atoms with Crippen LogP contribution in [0.3, 0.4) is 0 Å². The lowest BCUT2D eigenvalue weighted by Gasteiger charge is -2.24. The third kappa shape index (κ3) is 4.06. The number of nitrogens with zero attached hydrogens (tertiary/aromatic N) is 1. The van der Waals surface area contributed by atoms with Crippen molar-refractivity contribution in [3.05, 3.63) is 29.8 Å². The van der Waals surface area contributed by atoms with Gasteiger partial charge >= 0.3 is 0 Å². The van der Waals surface area contributed by atoms with Crippen molar-refractivity contribution >= 4 is 0 Å². The lowest BCUT2D eigenvalue weighted by atomic mass is 10.1. The molecule has 0 unspecified atom stereocenters. The van der Waals surface area contributed by atoms with Gasteiger partial charge in [-0.2, -0.15) is 0 Å². The summed E-state index contributed by atoms with van der Waals surface area (Å²) in [6, 6.07) is 8.09. The molecule has 1 heterocycles. The van der Waals surface area contributed by atoms with E-state index >= 15 is 0 Å². The van der Waals surface area contributed by atoms with Gasteiger partial charge in [0.05, 0.1) is 13.7 Å². The van der Waals surface area contributed by atoms with Crippen molar-refractivity contribution in [2.24, 2.45) is 0 Å². The zero-order valence-corrected chi connectivity index (χ0v) is 10.9. The molecule has 1 aliphatic heterocycles. The van der Waals surface area contributed by atoms with Crippen LogP contribution in [0.2, 0.25) is 0 Å². The minimum absolute atomic E-state index is 0.816. The number of nitrogens with one attached hydrogen (secondary N) is 1. The molecule has 3 heteroatoms. The first-order chi connectivity index (χ1) is 8.88. The molecule has 1 aromatic carbocycles. The highest BCUT2D eigenvalue weighted by Crippen LogP contribution is 2.11. The smallest absolute Gasteiger partial charge is 0.118 e.